The van der Waals surface area contributed by atoms with E-state index in [1.807, 2.05) is 6.07 Å². The first-order valence-corrected chi connectivity index (χ1v) is 7.26. The lowest BCUT2D eigenvalue weighted by atomic mass is 10.1. The fraction of sp³-hybridized carbons (Fsp3) is 0.0588. The minimum Gasteiger partial charge on any atom is -0.482 e. The Morgan fingerprint density at radius 3 is 2.50 bits per heavy atom. The molecule has 2 rings (SSSR count). The van der Waals surface area contributed by atoms with E-state index in [0.29, 0.717) is 11.3 Å². The van der Waals surface area contributed by atoms with E-state index in [0.717, 1.165) is 10.0 Å². The Labute approximate surface area is 136 Å². The molecule has 0 atom stereocenters. The van der Waals surface area contributed by atoms with Crippen molar-refractivity contribution in [2.75, 3.05) is 6.61 Å². The molecule has 2 aromatic carbocycles. The van der Waals surface area contributed by atoms with E-state index in [4.69, 9.17) is 9.84 Å². The topological polar surface area (TPSA) is 63.6 Å². The van der Waals surface area contributed by atoms with Crippen LogP contribution in [0.25, 0.3) is 6.08 Å². The molecule has 5 heteroatoms. The Balaban J connectivity index is 2.01. The molecule has 0 aliphatic carbocycles. The third-order valence-corrected chi connectivity index (χ3v) is 3.27. The van der Waals surface area contributed by atoms with Crippen LogP contribution in [0.1, 0.15) is 15.9 Å². The van der Waals surface area contributed by atoms with Gasteiger partial charge in [-0.3, -0.25) is 4.79 Å². The molecule has 0 fully saturated rings. The molecule has 0 aliphatic heterocycles. The zero-order valence-electron chi connectivity index (χ0n) is 11.5. The zero-order chi connectivity index (χ0) is 15.9. The van der Waals surface area contributed by atoms with Crippen molar-refractivity contribution in [3.05, 3.63) is 70.2 Å². The van der Waals surface area contributed by atoms with Gasteiger partial charge in [-0.05, 0) is 35.9 Å². The highest BCUT2D eigenvalue weighted by Gasteiger charge is 2.02. The predicted molar refractivity (Wildman–Crippen MR) is 87.1 cm³/mol. The molecule has 0 aliphatic rings. The van der Waals surface area contributed by atoms with Gasteiger partial charge in [0.2, 0.25) is 0 Å². The van der Waals surface area contributed by atoms with Crippen LogP contribution >= 0.6 is 15.9 Å². The lowest BCUT2D eigenvalue weighted by molar-refractivity contribution is -0.139. The largest absolute Gasteiger partial charge is 0.482 e. The second-order valence-electron chi connectivity index (χ2n) is 4.46. The Bertz CT molecular complexity index is 705. The Morgan fingerprint density at radius 1 is 1.14 bits per heavy atom. The van der Waals surface area contributed by atoms with Gasteiger partial charge in [0.25, 0.3) is 0 Å². The molecule has 112 valence electrons. The number of carboxylic acids is 1. The number of hydrogen-bond donors (Lipinski definition) is 1. The number of aliphatic carboxylic acids is 1. The van der Waals surface area contributed by atoms with Gasteiger partial charge in [0.05, 0.1) is 0 Å². The van der Waals surface area contributed by atoms with Crippen molar-refractivity contribution < 1.29 is 19.4 Å². The number of ether oxygens (including phenoxy) is 1. The summed E-state index contributed by atoms with van der Waals surface area (Å²) in [5, 5.41) is 8.53. The van der Waals surface area contributed by atoms with Gasteiger partial charge in [-0.15, -0.1) is 0 Å². The number of benzene rings is 2. The number of rotatable bonds is 6. The highest BCUT2D eigenvalue weighted by Crippen LogP contribution is 2.15. The Kier molecular flexibility index (Phi) is 5.49. The number of ketones is 1. The van der Waals surface area contributed by atoms with Crippen LogP contribution in [-0.2, 0) is 4.79 Å². The summed E-state index contributed by atoms with van der Waals surface area (Å²) in [6.45, 7) is -0.378. The third kappa shape index (κ3) is 4.86. The molecule has 0 saturated heterocycles. The van der Waals surface area contributed by atoms with E-state index in [1.165, 1.54) is 6.08 Å². The first kappa shape index (κ1) is 16.0. The number of halogens is 1. The SMILES string of the molecule is O=C(O)COc1ccc(C=CC(=O)c2cccc(Br)c2)cc1. The first-order chi connectivity index (χ1) is 10.5. The van der Waals surface area contributed by atoms with Crippen LogP contribution in [-0.4, -0.2) is 23.5 Å². The Hall–Kier alpha value is -2.40. The van der Waals surface area contributed by atoms with E-state index in [9.17, 15) is 9.59 Å². The van der Waals surface area contributed by atoms with Gasteiger partial charge < -0.3 is 9.84 Å². The lowest BCUT2D eigenvalue weighted by Crippen LogP contribution is -2.09. The fourth-order valence-electron chi connectivity index (χ4n) is 1.73. The molecule has 1 N–H and O–H groups in total. The summed E-state index contributed by atoms with van der Waals surface area (Å²) >= 11 is 3.33. The molecule has 0 bridgehead atoms. The van der Waals surface area contributed by atoms with Crippen LogP contribution in [0.5, 0.6) is 5.75 Å². The summed E-state index contributed by atoms with van der Waals surface area (Å²) in [4.78, 5) is 22.4. The average molecular weight is 361 g/mol. The van der Waals surface area contributed by atoms with Crippen molar-refractivity contribution in [2.24, 2.45) is 0 Å². The quantitative estimate of drug-likeness (QED) is 0.628. The van der Waals surface area contributed by atoms with Crippen LogP contribution in [0.3, 0.4) is 0 Å². The highest BCUT2D eigenvalue weighted by molar-refractivity contribution is 9.10. The van der Waals surface area contributed by atoms with E-state index in [2.05, 4.69) is 15.9 Å². The first-order valence-electron chi connectivity index (χ1n) is 6.47. The number of carbonyl (C=O) groups is 2. The summed E-state index contributed by atoms with van der Waals surface area (Å²) in [5.41, 5.74) is 1.43. The van der Waals surface area contributed by atoms with Crippen LogP contribution in [0, 0.1) is 0 Å². The molecular formula is C17H13BrO4. The van der Waals surface area contributed by atoms with E-state index < -0.39 is 5.97 Å². The number of carboxylic acid groups (broad SMARTS) is 1. The van der Waals surface area contributed by atoms with Crippen molar-refractivity contribution >= 4 is 33.8 Å². The third-order valence-electron chi connectivity index (χ3n) is 2.78. The van der Waals surface area contributed by atoms with Crippen molar-refractivity contribution in [3.63, 3.8) is 0 Å². The summed E-state index contributed by atoms with van der Waals surface area (Å²) in [7, 11) is 0. The van der Waals surface area contributed by atoms with Crippen LogP contribution in [0.2, 0.25) is 0 Å². The van der Waals surface area contributed by atoms with Crippen molar-refractivity contribution in [2.45, 2.75) is 0 Å². The van der Waals surface area contributed by atoms with E-state index in [1.54, 1.807) is 48.5 Å². The minimum atomic E-state index is -1.02. The van der Waals surface area contributed by atoms with Gasteiger partial charge in [-0.1, -0.05) is 46.3 Å². The normalized spacial score (nSPS) is 10.6. The van der Waals surface area contributed by atoms with Crippen molar-refractivity contribution in [1.82, 2.24) is 0 Å². The molecule has 0 heterocycles. The molecule has 0 saturated carbocycles. The fourth-order valence-corrected chi connectivity index (χ4v) is 2.13. The molecule has 0 amide bonds. The standard InChI is InChI=1S/C17H13BrO4/c18-14-3-1-2-13(10-14)16(19)9-6-12-4-7-15(8-5-12)22-11-17(20)21/h1-10H,11H2,(H,20,21). The summed E-state index contributed by atoms with van der Waals surface area (Å²) in [6.07, 6.45) is 3.19. The molecule has 2 aromatic rings. The molecule has 0 unspecified atom stereocenters. The van der Waals surface area contributed by atoms with Gasteiger partial charge in [-0.2, -0.15) is 0 Å². The van der Waals surface area contributed by atoms with Gasteiger partial charge in [0.1, 0.15) is 5.75 Å². The molecule has 4 nitrogen and oxygen atoms in total. The van der Waals surface area contributed by atoms with Gasteiger partial charge in [-0.25, -0.2) is 4.79 Å². The van der Waals surface area contributed by atoms with E-state index in [-0.39, 0.29) is 12.4 Å². The molecule has 0 spiro atoms. The maximum Gasteiger partial charge on any atom is 0.341 e. The second-order valence-corrected chi connectivity index (χ2v) is 5.38. The molecule has 0 aromatic heterocycles. The summed E-state index contributed by atoms with van der Waals surface area (Å²) in [5.74, 6) is -0.644. The number of carbonyl (C=O) groups excluding carboxylic acids is 1. The average Bonchev–Trinajstić information content (AvgIpc) is 2.51. The number of allylic oxidation sites excluding steroid dienone is 1. The van der Waals surface area contributed by atoms with Crippen LogP contribution in [0.4, 0.5) is 0 Å². The second kappa shape index (κ2) is 7.56. The number of hydrogen-bond acceptors (Lipinski definition) is 3. The van der Waals surface area contributed by atoms with Gasteiger partial charge in [0.15, 0.2) is 12.4 Å². The zero-order valence-corrected chi connectivity index (χ0v) is 13.1. The van der Waals surface area contributed by atoms with Crippen LogP contribution in [0.15, 0.2) is 59.1 Å². The van der Waals surface area contributed by atoms with Gasteiger partial charge >= 0.3 is 5.97 Å². The molecule has 0 radical (unpaired) electrons. The Morgan fingerprint density at radius 2 is 1.86 bits per heavy atom. The van der Waals surface area contributed by atoms with Crippen LogP contribution < -0.4 is 4.74 Å². The van der Waals surface area contributed by atoms with Crippen molar-refractivity contribution in [1.29, 1.82) is 0 Å². The molecular weight excluding hydrogens is 348 g/mol. The van der Waals surface area contributed by atoms with Crippen molar-refractivity contribution in [3.8, 4) is 5.75 Å². The maximum atomic E-state index is 12.0. The monoisotopic (exact) mass is 360 g/mol. The maximum absolute atomic E-state index is 12.0. The summed E-state index contributed by atoms with van der Waals surface area (Å²) in [6, 6.07) is 14.0. The molecule has 22 heavy (non-hydrogen) atoms. The lowest BCUT2D eigenvalue weighted by Gasteiger charge is -2.02. The van der Waals surface area contributed by atoms with Gasteiger partial charge in [0, 0.05) is 10.0 Å². The predicted octanol–water partition coefficient (Wildman–Crippen LogP) is 3.81. The smallest absolute Gasteiger partial charge is 0.341 e. The highest BCUT2D eigenvalue weighted by atomic mass is 79.9. The minimum absolute atomic E-state index is 0.0903. The summed E-state index contributed by atoms with van der Waals surface area (Å²) < 4.78 is 5.89. The van der Waals surface area contributed by atoms with E-state index >= 15 is 0 Å².